The summed E-state index contributed by atoms with van der Waals surface area (Å²) in [6.07, 6.45) is -22.8. The number of ether oxygens (including phenoxy) is 4. The number of phosphoric acid groups is 6. The van der Waals surface area contributed by atoms with Gasteiger partial charge in [-0.25, -0.2) is 87.2 Å². The lowest BCUT2D eigenvalue weighted by molar-refractivity contribution is -0.0632. The van der Waals surface area contributed by atoms with Crippen LogP contribution in [0.25, 0.3) is 44.7 Å². The second kappa shape index (κ2) is 26.7. The standard InChI is InChI=1S/C40H52N20O31P6/c41-29-17-33(49-5-45-29)57(9-53-17)37-22(62)21(61)13(83-37)1-79-93(69,70)87-26-14(84-38(23(26)63)58-10-54-18-30(42)46-6-50-34(18)58)2-80-94(71,72)88-27-15(85-39(24(27)64)59-11-55-19-31(43)47-7-51-35(19)59)3-81-95(73,74)89-28-16(4-82-96(75,76)91-97(77,78)90-92(66,67)68)86-40(25(28)65)60-12-56-20-32(44)48-8-52-36(20)60/h5-16,21-28,37-40,61-65H,1-4H2,(H,69,70)(H,71,72)(H,73,74)(H,75,76)(H,77,78)(H2,41,45,49)(H2,42,46,50)(H2,43,47,51)(H2,44,48,52)(H2,66,67,68)/t13-,14-,15-,16-,21-,22-,23-,24-,25-,26-,27-,28-,37-,38-,39-,40-/m1/s1. The van der Waals surface area contributed by atoms with Crippen molar-refractivity contribution in [1.29, 1.82) is 0 Å². The Kier molecular flexibility index (Phi) is 19.4. The minimum absolute atomic E-state index is 0.0229. The van der Waals surface area contributed by atoms with Crippen LogP contribution in [0, 0.1) is 0 Å². The van der Waals surface area contributed by atoms with Crippen molar-refractivity contribution in [2.75, 3.05) is 49.4 Å². The second-order valence-electron chi connectivity index (χ2n) is 20.9. The zero-order valence-corrected chi connectivity index (χ0v) is 53.3. The third-order valence-electron chi connectivity index (χ3n) is 14.7. The van der Waals surface area contributed by atoms with E-state index in [2.05, 4.69) is 68.4 Å². The first-order chi connectivity index (χ1) is 45.6. The van der Waals surface area contributed by atoms with Crippen molar-refractivity contribution in [3.63, 3.8) is 0 Å². The van der Waals surface area contributed by atoms with Crippen molar-refractivity contribution in [3.8, 4) is 0 Å². The summed E-state index contributed by atoms with van der Waals surface area (Å²) in [4.78, 5) is 120. The number of nitrogen functional groups attached to an aromatic ring is 4. The van der Waals surface area contributed by atoms with E-state index in [1.54, 1.807) is 0 Å². The maximum atomic E-state index is 14.3. The molecule has 4 aliphatic rings. The Hall–Kier alpha value is -6.22. The molecule has 5 unspecified atom stereocenters. The second-order valence-corrected chi connectivity index (χ2v) is 29.6. The van der Waals surface area contributed by atoms with Gasteiger partial charge in [-0.1, -0.05) is 0 Å². The van der Waals surface area contributed by atoms with Gasteiger partial charge in [0, 0.05) is 0 Å². The van der Waals surface area contributed by atoms with E-state index in [4.69, 9.17) is 83.3 Å². The third kappa shape index (κ3) is 14.7. The highest BCUT2D eigenvalue weighted by molar-refractivity contribution is 7.66. The Labute approximate surface area is 536 Å². The summed E-state index contributed by atoms with van der Waals surface area (Å²) in [5.74, 6) is -0.542. The number of aromatic nitrogens is 16. The van der Waals surface area contributed by atoms with E-state index in [-0.39, 0.29) is 67.9 Å². The zero-order valence-electron chi connectivity index (χ0n) is 48.0. The molecule has 528 valence electrons. The van der Waals surface area contributed by atoms with Crippen molar-refractivity contribution in [2.45, 2.75) is 98.2 Å². The predicted octanol–water partition coefficient (Wildman–Crippen LogP) is -4.08. The van der Waals surface area contributed by atoms with Gasteiger partial charge in [0.25, 0.3) is 0 Å². The number of rotatable bonds is 26. The molecule has 0 spiro atoms. The van der Waals surface area contributed by atoms with Crippen LogP contribution in [0.15, 0.2) is 50.6 Å². The van der Waals surface area contributed by atoms with Gasteiger partial charge in [-0.05, 0) is 0 Å². The molecule has 4 saturated heterocycles. The number of imidazole rings is 4. The summed E-state index contributed by atoms with van der Waals surface area (Å²) >= 11 is 0. The van der Waals surface area contributed by atoms with Crippen LogP contribution in [0.4, 0.5) is 23.3 Å². The van der Waals surface area contributed by atoms with Gasteiger partial charge in [0.1, 0.15) is 121 Å². The monoisotopic (exact) mass is 1490 g/mol. The van der Waals surface area contributed by atoms with E-state index in [1.165, 1.54) is 10.9 Å². The number of aliphatic hydroxyl groups excluding tert-OH is 5. The Morgan fingerprint density at radius 3 is 0.918 bits per heavy atom. The lowest BCUT2D eigenvalue weighted by Crippen LogP contribution is -2.38. The summed E-state index contributed by atoms with van der Waals surface area (Å²) in [6.45, 7) is -5.02. The highest BCUT2D eigenvalue weighted by Gasteiger charge is 2.56. The topological polar surface area (TPSA) is 744 Å². The summed E-state index contributed by atoms with van der Waals surface area (Å²) in [6, 6.07) is 0. The maximum Gasteiger partial charge on any atom is 0.490 e. The van der Waals surface area contributed by atoms with Crippen molar-refractivity contribution in [2.24, 2.45) is 0 Å². The first-order valence-electron chi connectivity index (χ1n) is 27.1. The zero-order chi connectivity index (χ0) is 69.6. The van der Waals surface area contributed by atoms with Crippen LogP contribution < -0.4 is 22.9 Å². The largest absolute Gasteiger partial charge is 0.490 e. The Morgan fingerprint density at radius 1 is 0.351 bits per heavy atom. The normalized spacial score (nSPS) is 31.1. The number of nitrogens with two attached hydrogens (primary N) is 4. The first kappa shape index (κ1) is 70.6. The summed E-state index contributed by atoms with van der Waals surface area (Å²) in [5.41, 5.74) is 23.4. The molecule has 97 heavy (non-hydrogen) atoms. The van der Waals surface area contributed by atoms with Crippen molar-refractivity contribution < 1.29 is 146 Å². The number of phosphoric ester groups is 4. The quantitative estimate of drug-likeness (QED) is 0.0229. The Morgan fingerprint density at radius 2 is 0.619 bits per heavy atom. The average molecular weight is 1490 g/mol. The van der Waals surface area contributed by atoms with Gasteiger partial charge < -0.3 is 102 Å². The molecule has 0 radical (unpaired) electrons. The van der Waals surface area contributed by atoms with Crippen molar-refractivity contribution in [1.82, 2.24) is 78.1 Å². The maximum absolute atomic E-state index is 14.3. The molecule has 8 aromatic heterocycles. The Balaban J connectivity index is 0.776. The third-order valence-corrected chi connectivity index (χ3v) is 21.5. The molecule has 4 fully saturated rings. The Bertz CT molecular complexity index is 4570. The van der Waals surface area contributed by atoms with E-state index in [0.717, 1.165) is 58.0 Å². The molecule has 0 saturated carbocycles. The number of nitrogens with zero attached hydrogens (tertiary/aromatic N) is 16. The van der Waals surface area contributed by atoms with E-state index >= 15 is 0 Å². The lowest BCUT2D eigenvalue weighted by atomic mass is 10.1. The molecule has 20 N–H and O–H groups in total. The summed E-state index contributed by atoms with van der Waals surface area (Å²) in [7, 11) is -35.2. The van der Waals surface area contributed by atoms with Gasteiger partial charge >= 0.3 is 46.9 Å². The van der Waals surface area contributed by atoms with Crippen LogP contribution in [0.1, 0.15) is 24.9 Å². The molecule has 0 bridgehead atoms. The van der Waals surface area contributed by atoms with Crippen molar-refractivity contribution >= 4 is 115 Å². The fraction of sp³-hybridized carbons (Fsp3) is 0.500. The highest BCUT2D eigenvalue weighted by atomic mass is 31.3. The molecule has 12 heterocycles. The smallest absolute Gasteiger partial charge is 0.387 e. The lowest BCUT2D eigenvalue weighted by Gasteiger charge is -2.26. The van der Waals surface area contributed by atoms with Gasteiger partial charge in [-0.15, -0.1) is 0 Å². The SMILES string of the molecule is Nc1ncnc2c1ncn2[C@@H]1O[C@H](COP(=O)(O)O[C@H]2[C@@H](O)[C@H](n3cnc4c(N)ncnc43)O[C@@H]2COP(=O)(O)O[C@H]2[C@@H](O)[C@H](n3cnc4c(N)ncnc43)O[C@@H]2COP(=O)(O)O[C@H]2[C@@H](O)[C@H](n3cnc4c(N)ncnc43)O[C@@H]2COP(=O)(O)OP(=O)(O)OP(=O)(O)O)[C@@H](O)[C@H]1O. The minimum Gasteiger partial charge on any atom is -0.387 e. The minimum atomic E-state index is -6.12. The molecule has 0 aliphatic carbocycles. The van der Waals surface area contributed by atoms with Crippen LogP contribution in [-0.2, 0) is 86.6 Å². The van der Waals surface area contributed by atoms with E-state index in [9.17, 15) is 77.4 Å². The summed E-state index contributed by atoms with van der Waals surface area (Å²) < 4.78 is 150. The van der Waals surface area contributed by atoms with E-state index < -0.39 is 172 Å². The number of fused-ring (bicyclic) bond motifs is 4. The van der Waals surface area contributed by atoms with Crippen molar-refractivity contribution in [3.05, 3.63) is 50.6 Å². The molecule has 0 aromatic carbocycles. The summed E-state index contributed by atoms with van der Waals surface area (Å²) in [5, 5.41) is 57.4. The molecular weight excluding hydrogens is 1440 g/mol. The van der Waals surface area contributed by atoms with Gasteiger partial charge in [0.15, 0.2) is 70.8 Å². The predicted molar refractivity (Wildman–Crippen MR) is 306 cm³/mol. The molecule has 57 heteroatoms. The fourth-order valence-electron chi connectivity index (χ4n) is 10.5. The number of hydrogen-bond donors (Lipinski definition) is 16. The van der Waals surface area contributed by atoms with E-state index in [0.29, 0.717) is 0 Å². The van der Waals surface area contributed by atoms with E-state index in [1.807, 2.05) is 0 Å². The van der Waals surface area contributed by atoms with Gasteiger partial charge in [0.2, 0.25) is 0 Å². The molecule has 4 aliphatic heterocycles. The first-order valence-corrected chi connectivity index (χ1v) is 36.1. The molecule has 51 nitrogen and oxygen atoms in total. The van der Waals surface area contributed by atoms with Crippen LogP contribution in [-0.4, -0.2) is 238 Å². The number of aliphatic hydroxyl groups is 5. The molecule has 0 amide bonds. The number of anilines is 4. The van der Waals surface area contributed by atoms with Crippen LogP contribution >= 0.6 is 46.9 Å². The highest BCUT2D eigenvalue weighted by Crippen LogP contribution is 2.66. The van der Waals surface area contributed by atoms with Gasteiger partial charge in [0.05, 0.1) is 51.7 Å². The number of hydrogen-bond acceptors (Lipinski definition) is 40. The fourth-order valence-corrected chi connectivity index (χ4v) is 16.4. The molecule has 12 rings (SSSR count). The van der Waals surface area contributed by atoms with Crippen LogP contribution in [0.5, 0.6) is 0 Å². The molecule has 21 atom stereocenters. The van der Waals surface area contributed by atoms with Crippen LogP contribution in [0.3, 0.4) is 0 Å². The van der Waals surface area contributed by atoms with Gasteiger partial charge in [-0.2, -0.15) is 8.62 Å². The average Bonchev–Trinajstić information content (AvgIpc) is 1.64. The van der Waals surface area contributed by atoms with Crippen LogP contribution in [0.2, 0.25) is 0 Å². The van der Waals surface area contributed by atoms with Gasteiger partial charge in [-0.3, -0.25) is 49.9 Å². The molecule has 8 aromatic rings. The molecular formula is C40H52N20O31P6.